The van der Waals surface area contributed by atoms with Gasteiger partial charge in [0.05, 0.1) is 11.2 Å². The topological polar surface area (TPSA) is 64.3 Å². The van der Waals surface area contributed by atoms with Crippen LogP contribution in [0.25, 0.3) is 22.2 Å². The molecule has 1 aromatic heterocycles. The van der Waals surface area contributed by atoms with Crippen molar-refractivity contribution in [3.05, 3.63) is 83.9 Å². The van der Waals surface area contributed by atoms with Crippen molar-refractivity contribution in [1.82, 2.24) is 20.4 Å². The van der Waals surface area contributed by atoms with Crippen LogP contribution in [0.4, 0.5) is 5.69 Å². The molecule has 1 amide bonds. The molecular formula is C31H37N5O. The molecule has 2 N–H and O–H groups in total. The predicted molar refractivity (Wildman–Crippen MR) is 152 cm³/mol. The van der Waals surface area contributed by atoms with Gasteiger partial charge in [-0.2, -0.15) is 5.10 Å². The fraction of sp³-hybridized carbons (Fsp3) is 0.355. The molecule has 0 saturated carbocycles. The number of rotatable bonds is 8. The number of aromatic amines is 1. The van der Waals surface area contributed by atoms with Gasteiger partial charge in [0.15, 0.2) is 0 Å². The fourth-order valence-electron chi connectivity index (χ4n) is 5.42. The van der Waals surface area contributed by atoms with Crippen molar-refractivity contribution in [3.8, 4) is 11.3 Å². The van der Waals surface area contributed by atoms with Gasteiger partial charge in [-0.05, 0) is 55.8 Å². The lowest BCUT2D eigenvalue weighted by atomic mass is 9.76. The van der Waals surface area contributed by atoms with Crippen molar-refractivity contribution in [2.75, 3.05) is 44.7 Å². The van der Waals surface area contributed by atoms with E-state index in [0.717, 1.165) is 61.2 Å². The zero-order valence-electron chi connectivity index (χ0n) is 22.1. The average Bonchev–Trinajstić information content (AvgIpc) is 3.38. The van der Waals surface area contributed by atoms with E-state index in [1.807, 2.05) is 24.3 Å². The van der Waals surface area contributed by atoms with Crippen LogP contribution in [-0.2, 0) is 5.41 Å². The van der Waals surface area contributed by atoms with Gasteiger partial charge in [0.1, 0.15) is 0 Å². The predicted octanol–water partition coefficient (Wildman–Crippen LogP) is 5.47. The highest BCUT2D eigenvalue weighted by atomic mass is 16.1. The number of piperazine rings is 1. The Balaban J connectivity index is 1.34. The number of benzene rings is 3. The molecule has 0 spiro atoms. The van der Waals surface area contributed by atoms with Crippen molar-refractivity contribution in [2.24, 2.45) is 0 Å². The van der Waals surface area contributed by atoms with Gasteiger partial charge in [0, 0.05) is 60.3 Å². The fourth-order valence-corrected chi connectivity index (χ4v) is 5.42. The monoisotopic (exact) mass is 495 g/mol. The van der Waals surface area contributed by atoms with Gasteiger partial charge in [0.25, 0.3) is 5.91 Å². The second kappa shape index (κ2) is 10.8. The van der Waals surface area contributed by atoms with Gasteiger partial charge in [-0.25, -0.2) is 0 Å². The molecule has 6 nitrogen and oxygen atoms in total. The Labute approximate surface area is 219 Å². The van der Waals surface area contributed by atoms with Crippen molar-refractivity contribution < 1.29 is 4.79 Å². The minimum Gasteiger partial charge on any atom is -0.369 e. The number of carbonyl (C=O) groups is 1. The number of aromatic nitrogens is 2. The Morgan fingerprint density at radius 2 is 1.65 bits per heavy atom. The minimum atomic E-state index is -0.0761. The summed E-state index contributed by atoms with van der Waals surface area (Å²) < 4.78 is 0. The summed E-state index contributed by atoms with van der Waals surface area (Å²) in [7, 11) is 2.17. The number of likely N-dealkylation sites (N-methyl/N-ethyl adjacent to an activating group) is 1. The van der Waals surface area contributed by atoms with Gasteiger partial charge in [0.2, 0.25) is 0 Å². The molecule has 3 aromatic carbocycles. The Hall–Kier alpha value is -3.64. The van der Waals surface area contributed by atoms with Crippen LogP contribution < -0.4 is 10.2 Å². The maximum atomic E-state index is 13.3. The summed E-state index contributed by atoms with van der Waals surface area (Å²) in [5.74, 6) is -0.0540. The minimum absolute atomic E-state index is 0.0540. The van der Waals surface area contributed by atoms with E-state index >= 15 is 0 Å². The number of hydrogen-bond acceptors (Lipinski definition) is 4. The SMILES string of the molecule is CCC(CC)(CNC(=O)c1ccc2[nH]nc(-c3ccc(N4CCN(C)CC4)cc3)c2c1)c1ccccc1. The van der Waals surface area contributed by atoms with E-state index in [4.69, 9.17) is 0 Å². The molecule has 6 heteroatoms. The number of nitrogens with one attached hydrogen (secondary N) is 2. The first-order chi connectivity index (χ1) is 18.0. The molecule has 0 bridgehead atoms. The highest BCUT2D eigenvalue weighted by Gasteiger charge is 2.29. The third-order valence-corrected chi connectivity index (χ3v) is 8.16. The molecule has 0 aliphatic carbocycles. The van der Waals surface area contributed by atoms with E-state index in [0.29, 0.717) is 12.1 Å². The number of amides is 1. The summed E-state index contributed by atoms with van der Waals surface area (Å²) in [6, 6.07) is 24.9. The van der Waals surface area contributed by atoms with Gasteiger partial charge < -0.3 is 15.1 Å². The van der Waals surface area contributed by atoms with Crippen LogP contribution in [0.15, 0.2) is 72.8 Å². The lowest BCUT2D eigenvalue weighted by Crippen LogP contribution is -2.44. The summed E-state index contributed by atoms with van der Waals surface area (Å²) in [5, 5.41) is 11.9. The van der Waals surface area contributed by atoms with Gasteiger partial charge >= 0.3 is 0 Å². The number of nitrogens with zero attached hydrogens (tertiary/aromatic N) is 3. The molecule has 0 atom stereocenters. The van der Waals surface area contributed by atoms with E-state index < -0.39 is 0 Å². The number of anilines is 1. The molecular weight excluding hydrogens is 458 g/mol. The summed E-state index contributed by atoms with van der Waals surface area (Å²) >= 11 is 0. The van der Waals surface area contributed by atoms with Gasteiger partial charge in [-0.3, -0.25) is 9.89 Å². The maximum absolute atomic E-state index is 13.3. The molecule has 2 heterocycles. The van der Waals surface area contributed by atoms with Crippen LogP contribution in [0.2, 0.25) is 0 Å². The second-order valence-electron chi connectivity index (χ2n) is 10.2. The normalized spacial score (nSPS) is 14.7. The largest absolute Gasteiger partial charge is 0.369 e. The Morgan fingerprint density at radius 3 is 2.32 bits per heavy atom. The molecule has 0 unspecified atom stereocenters. The van der Waals surface area contributed by atoms with Gasteiger partial charge in [-0.15, -0.1) is 0 Å². The molecule has 37 heavy (non-hydrogen) atoms. The third-order valence-electron chi connectivity index (χ3n) is 8.16. The first kappa shape index (κ1) is 25.0. The number of fused-ring (bicyclic) bond motifs is 1. The number of carbonyl (C=O) groups excluding carboxylic acids is 1. The van der Waals surface area contributed by atoms with Crippen molar-refractivity contribution in [2.45, 2.75) is 32.1 Å². The molecule has 192 valence electrons. The van der Waals surface area contributed by atoms with Crippen LogP contribution in [0.3, 0.4) is 0 Å². The third kappa shape index (κ3) is 5.12. The van der Waals surface area contributed by atoms with E-state index in [-0.39, 0.29) is 11.3 Å². The lowest BCUT2D eigenvalue weighted by molar-refractivity contribution is 0.0941. The number of H-pyrrole nitrogens is 1. The van der Waals surface area contributed by atoms with E-state index in [2.05, 4.69) is 94.7 Å². The van der Waals surface area contributed by atoms with Crippen molar-refractivity contribution in [3.63, 3.8) is 0 Å². The molecule has 0 radical (unpaired) electrons. The van der Waals surface area contributed by atoms with Crippen LogP contribution >= 0.6 is 0 Å². The van der Waals surface area contributed by atoms with Crippen LogP contribution in [0.5, 0.6) is 0 Å². The molecule has 1 saturated heterocycles. The zero-order valence-corrected chi connectivity index (χ0v) is 22.1. The summed E-state index contributed by atoms with van der Waals surface area (Å²) in [5.41, 5.74) is 5.93. The molecule has 1 aliphatic rings. The van der Waals surface area contributed by atoms with E-state index in [1.54, 1.807) is 0 Å². The number of hydrogen-bond donors (Lipinski definition) is 2. The Kier molecular flexibility index (Phi) is 7.28. The molecule has 4 aromatic rings. The smallest absolute Gasteiger partial charge is 0.251 e. The molecule has 5 rings (SSSR count). The summed E-state index contributed by atoms with van der Waals surface area (Å²) in [4.78, 5) is 18.0. The quantitative estimate of drug-likeness (QED) is 0.340. The van der Waals surface area contributed by atoms with Gasteiger partial charge in [-0.1, -0.05) is 56.3 Å². The maximum Gasteiger partial charge on any atom is 0.251 e. The standard InChI is InChI=1S/C31H37N5O/c1-4-31(5-2,25-9-7-6-8-10-25)22-32-30(37)24-13-16-28-27(21-24)29(34-33-28)23-11-14-26(15-12-23)36-19-17-35(3)18-20-36/h6-16,21H,4-5,17-20,22H2,1-3H3,(H,32,37)(H,33,34). The first-order valence-corrected chi connectivity index (χ1v) is 13.4. The summed E-state index contributed by atoms with van der Waals surface area (Å²) in [6.45, 7) is 9.25. The highest BCUT2D eigenvalue weighted by Crippen LogP contribution is 2.32. The van der Waals surface area contributed by atoms with E-state index in [9.17, 15) is 4.79 Å². The molecule has 1 aliphatic heterocycles. The summed E-state index contributed by atoms with van der Waals surface area (Å²) in [6.07, 6.45) is 1.92. The van der Waals surface area contributed by atoms with Crippen molar-refractivity contribution >= 4 is 22.5 Å². The van der Waals surface area contributed by atoms with Crippen LogP contribution in [-0.4, -0.2) is 60.8 Å². The zero-order chi connectivity index (χ0) is 25.8. The van der Waals surface area contributed by atoms with E-state index in [1.165, 1.54) is 11.3 Å². The molecule has 1 fully saturated rings. The second-order valence-corrected chi connectivity index (χ2v) is 10.2. The van der Waals surface area contributed by atoms with Crippen LogP contribution in [0.1, 0.15) is 42.6 Å². The Morgan fingerprint density at radius 1 is 0.946 bits per heavy atom. The highest BCUT2D eigenvalue weighted by molar-refractivity contribution is 6.01. The van der Waals surface area contributed by atoms with Crippen LogP contribution in [0, 0.1) is 0 Å². The Bertz CT molecular complexity index is 1330. The lowest BCUT2D eigenvalue weighted by Gasteiger charge is -2.34. The first-order valence-electron chi connectivity index (χ1n) is 13.4. The van der Waals surface area contributed by atoms with Crippen molar-refractivity contribution in [1.29, 1.82) is 0 Å². The average molecular weight is 496 g/mol.